The molecule has 22 heteroatoms. The monoisotopic (exact) mass is 1080 g/mol. The van der Waals surface area contributed by atoms with Crippen LogP contribution in [0.15, 0.2) is 121 Å². The number of benzene rings is 6. The van der Waals surface area contributed by atoms with Crippen molar-refractivity contribution in [2.24, 2.45) is 10.4 Å². The summed E-state index contributed by atoms with van der Waals surface area (Å²) in [5.74, 6) is -12.7. The number of amides is 1. The quantitative estimate of drug-likeness (QED) is 0.0255. The van der Waals surface area contributed by atoms with Crippen molar-refractivity contribution >= 4 is 70.0 Å². The smallest absolute Gasteiger partial charge is 0.407 e. The number of rotatable bonds is 17. The lowest BCUT2D eigenvalue weighted by Crippen LogP contribution is -2.33. The Balaban J connectivity index is 1.23. The van der Waals surface area contributed by atoms with Gasteiger partial charge in [0.2, 0.25) is 0 Å². The van der Waals surface area contributed by atoms with E-state index in [4.69, 9.17) is 14.1 Å². The van der Waals surface area contributed by atoms with Crippen molar-refractivity contribution in [3.63, 3.8) is 0 Å². The number of esters is 1. The predicted molar refractivity (Wildman–Crippen MR) is 269 cm³/mol. The molecule has 390 valence electrons. The molecule has 1 amide bonds. The summed E-state index contributed by atoms with van der Waals surface area (Å²) in [6, 6.07) is 26.4. The van der Waals surface area contributed by atoms with Crippen LogP contribution in [-0.4, -0.2) is 62.8 Å². The average Bonchev–Trinajstić information content (AvgIpc) is 3.33. The number of hydrogen-bond acceptors (Lipinski definition) is 13. The number of ether oxygens (including phenoxy) is 2. The summed E-state index contributed by atoms with van der Waals surface area (Å²) in [4.78, 5) is 23.5. The van der Waals surface area contributed by atoms with Crippen LogP contribution in [0.5, 0.6) is 0 Å². The fourth-order valence-corrected chi connectivity index (χ4v) is 12.3. The minimum absolute atomic E-state index is 0.147. The first-order valence-corrected chi connectivity index (χ1v) is 27.4. The van der Waals surface area contributed by atoms with Gasteiger partial charge >= 0.3 is 12.1 Å². The molecule has 0 atom stereocenters. The van der Waals surface area contributed by atoms with Crippen LogP contribution in [0.4, 0.5) is 39.4 Å². The zero-order valence-corrected chi connectivity index (χ0v) is 43.4. The highest BCUT2D eigenvalue weighted by Crippen LogP contribution is 2.44. The SMILES string of the molecule is CCC(C)(C)C(=O)OCCNC(=O)OCCS(=O)(=O)c1c(F)c(F)c(S(=O)(=O)NS(=O)(=O)c2ccccc2-c2c3ccc(=Nc4c(C)cccc4C)cc-3oc3cc(Nc4c(C)cccc4C)ccc23)c(F)c1F. The molecule has 0 saturated carbocycles. The van der Waals surface area contributed by atoms with Crippen molar-refractivity contribution in [2.45, 2.75) is 69.6 Å². The van der Waals surface area contributed by atoms with Gasteiger partial charge in [0.1, 0.15) is 29.5 Å². The molecule has 7 rings (SSSR count). The minimum Gasteiger partial charge on any atom is -0.463 e. The molecule has 74 heavy (non-hydrogen) atoms. The van der Waals surface area contributed by atoms with Crippen LogP contribution in [-0.2, 0) is 44.2 Å². The fourth-order valence-electron chi connectivity index (χ4n) is 7.86. The maximum absolute atomic E-state index is 15.8. The van der Waals surface area contributed by atoms with Gasteiger partial charge in [-0.15, -0.1) is 4.13 Å². The first kappa shape index (κ1) is 54.6. The number of fused-ring (bicyclic) bond motifs is 2. The van der Waals surface area contributed by atoms with Gasteiger partial charge in [0, 0.05) is 45.6 Å². The van der Waals surface area contributed by atoms with Crippen molar-refractivity contribution in [2.75, 3.05) is 30.8 Å². The van der Waals surface area contributed by atoms with E-state index in [1.807, 2.05) is 64.1 Å². The molecule has 1 heterocycles. The number of anilines is 2. The van der Waals surface area contributed by atoms with Gasteiger partial charge in [0.25, 0.3) is 20.0 Å². The molecular formula is C52H50F4N4O11S3. The van der Waals surface area contributed by atoms with Crippen LogP contribution in [0.25, 0.3) is 33.4 Å². The van der Waals surface area contributed by atoms with Crippen LogP contribution in [0.2, 0.25) is 0 Å². The predicted octanol–water partition coefficient (Wildman–Crippen LogP) is 10.1. The number of nitrogens with zero attached hydrogens (tertiary/aromatic N) is 1. The van der Waals surface area contributed by atoms with Crippen molar-refractivity contribution < 1.29 is 66.3 Å². The molecule has 0 bridgehead atoms. The van der Waals surface area contributed by atoms with E-state index < -0.39 is 97.7 Å². The van der Waals surface area contributed by atoms with Crippen LogP contribution in [0.1, 0.15) is 49.4 Å². The third-order valence-corrected chi connectivity index (χ3v) is 17.5. The molecular weight excluding hydrogens is 1030 g/mol. The molecule has 0 radical (unpaired) electrons. The number of halogens is 4. The van der Waals surface area contributed by atoms with E-state index in [9.17, 15) is 34.8 Å². The molecule has 5 aromatic carbocycles. The highest BCUT2D eigenvalue weighted by atomic mass is 32.3. The van der Waals surface area contributed by atoms with Crippen LogP contribution in [0.3, 0.4) is 0 Å². The van der Waals surface area contributed by atoms with E-state index in [-0.39, 0.29) is 35.6 Å². The van der Waals surface area contributed by atoms with E-state index in [0.717, 1.165) is 34.0 Å². The Morgan fingerprint density at radius 1 is 0.676 bits per heavy atom. The second kappa shape index (κ2) is 21.4. The normalized spacial score (nSPS) is 12.6. The molecule has 3 N–H and O–H groups in total. The number of carbonyl (C=O) groups is 2. The van der Waals surface area contributed by atoms with Gasteiger partial charge in [0.05, 0.1) is 33.7 Å². The van der Waals surface area contributed by atoms with Crippen LogP contribution in [0, 0.1) is 56.4 Å². The Labute approximate surface area is 425 Å². The van der Waals surface area contributed by atoms with Gasteiger partial charge in [-0.3, -0.25) is 4.79 Å². The number of sulfone groups is 1. The second-order valence-corrected chi connectivity index (χ2v) is 23.4. The zero-order valence-electron chi connectivity index (χ0n) is 40.9. The second-order valence-electron chi connectivity index (χ2n) is 17.9. The Hall–Kier alpha value is -7.14. The van der Waals surface area contributed by atoms with Gasteiger partial charge in [-0.1, -0.05) is 61.5 Å². The van der Waals surface area contributed by atoms with Crippen LogP contribution < -0.4 is 20.1 Å². The lowest BCUT2D eigenvalue weighted by atomic mass is 9.91. The molecule has 0 saturated heterocycles. The summed E-state index contributed by atoms with van der Waals surface area (Å²) in [5.41, 5.74) is 5.59. The molecule has 2 aliphatic rings. The van der Waals surface area contributed by atoms with Gasteiger partial charge in [-0.05, 0) is 101 Å². The Bertz CT molecular complexity index is 3700. The number of hydrogen-bond donors (Lipinski definition) is 3. The Morgan fingerprint density at radius 2 is 1.28 bits per heavy atom. The number of nitrogens with one attached hydrogen (secondary N) is 3. The number of alkyl carbamates (subject to hydrolysis) is 1. The summed E-state index contributed by atoms with van der Waals surface area (Å²) < 4.78 is 163. The lowest BCUT2D eigenvalue weighted by molar-refractivity contribution is -0.153. The first-order valence-electron chi connectivity index (χ1n) is 22.8. The summed E-state index contributed by atoms with van der Waals surface area (Å²) >= 11 is 0. The molecule has 1 aliphatic heterocycles. The van der Waals surface area contributed by atoms with E-state index in [1.54, 1.807) is 57.2 Å². The lowest BCUT2D eigenvalue weighted by Gasteiger charge is -2.20. The van der Waals surface area contributed by atoms with Gasteiger partial charge in [-0.2, -0.15) is 0 Å². The fraction of sp³-hybridized carbons (Fsp3) is 0.250. The highest BCUT2D eigenvalue weighted by Gasteiger charge is 2.40. The maximum atomic E-state index is 15.8. The molecule has 0 aromatic heterocycles. The zero-order chi connectivity index (χ0) is 54.1. The van der Waals surface area contributed by atoms with Crippen molar-refractivity contribution in [1.82, 2.24) is 9.44 Å². The van der Waals surface area contributed by atoms with Crippen molar-refractivity contribution in [3.8, 4) is 22.5 Å². The first-order chi connectivity index (χ1) is 34.8. The van der Waals surface area contributed by atoms with Gasteiger partial charge in [-0.25, -0.2) is 52.6 Å². The summed E-state index contributed by atoms with van der Waals surface area (Å²) in [5, 5.41) is 6.34. The van der Waals surface area contributed by atoms with Gasteiger partial charge in [0.15, 0.2) is 38.0 Å². The number of aryl methyl sites for hydroxylation is 4. The van der Waals surface area contributed by atoms with E-state index in [1.165, 1.54) is 22.3 Å². The molecule has 0 spiro atoms. The van der Waals surface area contributed by atoms with Crippen molar-refractivity contribution in [3.05, 3.63) is 148 Å². The van der Waals surface area contributed by atoms with Crippen LogP contribution >= 0.6 is 0 Å². The Kier molecular flexibility index (Phi) is 15.8. The topological polar surface area (TPSA) is 217 Å². The largest absolute Gasteiger partial charge is 0.463 e. The maximum Gasteiger partial charge on any atom is 0.407 e. The van der Waals surface area contributed by atoms with Gasteiger partial charge < -0.3 is 24.5 Å². The third-order valence-electron chi connectivity index (χ3n) is 12.2. The Morgan fingerprint density at radius 3 is 1.92 bits per heavy atom. The summed E-state index contributed by atoms with van der Waals surface area (Å²) in [7, 11) is -17.1. The molecule has 15 nitrogen and oxygen atoms in total. The number of sulfonamides is 2. The number of para-hydroxylation sites is 2. The molecule has 0 unspecified atom stereocenters. The molecule has 0 fully saturated rings. The standard InChI is InChI=1S/C52H50F4N4O11S3/c1-8-52(6,7)50(61)69-24-23-57-51(62)70-25-26-72(63,64)48-42(53)44(55)49(45(56)43(48)54)74(67,68)60-73(65,66)40-18-10-9-17-37(40)41-35-21-19-33(58-46-29(2)13-11-14-30(46)3)27-38(35)71-39-28-34(20-22-36(39)41)59-47-31(4)15-12-16-32(47)5/h9-22,27-28,58,60H,8,23-26H2,1-7H3,(H,57,62). The summed E-state index contributed by atoms with van der Waals surface area (Å²) in [6.45, 7) is 11.0. The number of carbonyl (C=O) groups excluding carboxylic acids is 2. The van der Waals surface area contributed by atoms with E-state index in [2.05, 4.69) is 15.4 Å². The van der Waals surface area contributed by atoms with E-state index >= 15 is 17.6 Å². The third kappa shape index (κ3) is 11.3. The molecule has 1 aliphatic carbocycles. The summed E-state index contributed by atoms with van der Waals surface area (Å²) in [6.07, 6.45) is -0.794. The van der Waals surface area contributed by atoms with Crippen molar-refractivity contribution in [1.29, 1.82) is 0 Å². The highest BCUT2D eigenvalue weighted by molar-refractivity contribution is 8.04. The minimum atomic E-state index is -6.17. The van der Waals surface area contributed by atoms with E-state index in [0.29, 0.717) is 34.1 Å². The average molecular weight is 1080 g/mol. The molecule has 5 aromatic rings.